The van der Waals surface area contributed by atoms with Gasteiger partial charge in [-0.15, -0.1) is 0 Å². The lowest BCUT2D eigenvalue weighted by Gasteiger charge is -2.09. The summed E-state index contributed by atoms with van der Waals surface area (Å²) in [6.07, 6.45) is 1.95. The van der Waals surface area contributed by atoms with E-state index in [1.165, 1.54) is 0 Å². The molecule has 0 saturated heterocycles. The fraction of sp³-hybridized carbons (Fsp3) is 0.263. The second kappa shape index (κ2) is 6.24. The van der Waals surface area contributed by atoms with Crippen molar-refractivity contribution in [2.75, 3.05) is 10.6 Å². The first kappa shape index (κ1) is 15.3. The predicted molar refractivity (Wildman–Crippen MR) is 91.7 cm³/mol. The Morgan fingerprint density at radius 3 is 2.04 bits per heavy atom. The van der Waals surface area contributed by atoms with E-state index in [0.717, 1.165) is 35.3 Å². The molecule has 2 N–H and O–H groups in total. The zero-order valence-corrected chi connectivity index (χ0v) is 13.3. The van der Waals surface area contributed by atoms with E-state index in [0.29, 0.717) is 5.56 Å². The van der Waals surface area contributed by atoms with Gasteiger partial charge in [-0.05, 0) is 74.2 Å². The summed E-state index contributed by atoms with van der Waals surface area (Å²) in [5.41, 5.74) is 4.30. The van der Waals surface area contributed by atoms with Crippen LogP contribution in [-0.4, -0.2) is 11.8 Å². The van der Waals surface area contributed by atoms with Crippen LogP contribution in [0.1, 0.15) is 34.3 Å². The standard InChI is InChI=1S/C19H20N2O2/c1-12-9-13(2)11-17(10-12)21-19(23)15-5-7-16(8-6-15)20-18(22)14-3-4-14/h5-11,14H,3-4H2,1-2H3,(H,20,22)(H,21,23). The lowest BCUT2D eigenvalue weighted by atomic mass is 10.1. The van der Waals surface area contributed by atoms with Gasteiger partial charge in [-0.25, -0.2) is 0 Å². The molecular weight excluding hydrogens is 288 g/mol. The van der Waals surface area contributed by atoms with Gasteiger partial charge in [-0.2, -0.15) is 0 Å². The van der Waals surface area contributed by atoms with Crippen LogP contribution in [0.5, 0.6) is 0 Å². The molecule has 0 radical (unpaired) electrons. The van der Waals surface area contributed by atoms with E-state index in [1.807, 2.05) is 26.0 Å². The van der Waals surface area contributed by atoms with Crippen LogP contribution in [0.4, 0.5) is 11.4 Å². The molecule has 2 amide bonds. The van der Waals surface area contributed by atoms with Crippen LogP contribution in [0.15, 0.2) is 42.5 Å². The Labute approximate surface area is 135 Å². The molecular formula is C19H20N2O2. The van der Waals surface area contributed by atoms with Crippen LogP contribution in [0, 0.1) is 19.8 Å². The molecule has 0 bridgehead atoms. The first-order valence-corrected chi connectivity index (χ1v) is 7.82. The van der Waals surface area contributed by atoms with Gasteiger partial charge in [0, 0.05) is 22.9 Å². The summed E-state index contributed by atoms with van der Waals surface area (Å²) >= 11 is 0. The molecule has 4 heteroatoms. The van der Waals surface area contributed by atoms with Gasteiger partial charge in [0.2, 0.25) is 5.91 Å². The van der Waals surface area contributed by atoms with Gasteiger partial charge < -0.3 is 10.6 Å². The van der Waals surface area contributed by atoms with Crippen molar-refractivity contribution in [1.82, 2.24) is 0 Å². The Morgan fingerprint density at radius 2 is 1.48 bits per heavy atom. The highest BCUT2D eigenvalue weighted by Gasteiger charge is 2.29. The maximum atomic E-state index is 12.3. The van der Waals surface area contributed by atoms with Crippen molar-refractivity contribution < 1.29 is 9.59 Å². The molecule has 1 saturated carbocycles. The van der Waals surface area contributed by atoms with Crippen LogP contribution >= 0.6 is 0 Å². The van der Waals surface area contributed by atoms with Gasteiger partial charge in [-0.1, -0.05) is 6.07 Å². The number of carbonyl (C=O) groups is 2. The Morgan fingerprint density at radius 1 is 0.870 bits per heavy atom. The highest BCUT2D eigenvalue weighted by molar-refractivity contribution is 6.04. The molecule has 0 unspecified atom stereocenters. The van der Waals surface area contributed by atoms with Gasteiger partial charge in [-0.3, -0.25) is 9.59 Å². The molecule has 23 heavy (non-hydrogen) atoms. The SMILES string of the molecule is Cc1cc(C)cc(NC(=O)c2ccc(NC(=O)C3CC3)cc2)c1. The van der Waals surface area contributed by atoms with Crippen LogP contribution in [0.2, 0.25) is 0 Å². The van der Waals surface area contributed by atoms with E-state index >= 15 is 0 Å². The molecule has 0 heterocycles. The van der Waals surface area contributed by atoms with Crippen LogP contribution < -0.4 is 10.6 Å². The number of carbonyl (C=O) groups excluding carboxylic acids is 2. The van der Waals surface area contributed by atoms with Gasteiger partial charge >= 0.3 is 0 Å². The first-order chi connectivity index (χ1) is 11.0. The third-order valence-electron chi connectivity index (χ3n) is 3.84. The third-order valence-corrected chi connectivity index (χ3v) is 3.84. The van der Waals surface area contributed by atoms with E-state index in [4.69, 9.17) is 0 Å². The summed E-state index contributed by atoms with van der Waals surface area (Å²) in [5, 5.41) is 5.77. The molecule has 0 spiro atoms. The Bertz CT molecular complexity index is 726. The predicted octanol–water partition coefficient (Wildman–Crippen LogP) is 3.90. The normalized spacial score (nSPS) is 13.5. The molecule has 4 nitrogen and oxygen atoms in total. The summed E-state index contributed by atoms with van der Waals surface area (Å²) in [6.45, 7) is 4.00. The second-order valence-corrected chi connectivity index (χ2v) is 6.17. The minimum Gasteiger partial charge on any atom is -0.326 e. The van der Waals surface area contributed by atoms with Crippen molar-refractivity contribution in [2.45, 2.75) is 26.7 Å². The summed E-state index contributed by atoms with van der Waals surface area (Å²) in [5.74, 6) is 0.0787. The number of benzene rings is 2. The summed E-state index contributed by atoms with van der Waals surface area (Å²) in [4.78, 5) is 24.0. The van der Waals surface area contributed by atoms with E-state index < -0.39 is 0 Å². The first-order valence-electron chi connectivity index (χ1n) is 7.82. The number of rotatable bonds is 4. The Balaban J connectivity index is 1.66. The topological polar surface area (TPSA) is 58.2 Å². The monoisotopic (exact) mass is 308 g/mol. The molecule has 118 valence electrons. The molecule has 1 fully saturated rings. The molecule has 2 aromatic carbocycles. The van der Waals surface area contributed by atoms with E-state index in [-0.39, 0.29) is 17.7 Å². The quantitative estimate of drug-likeness (QED) is 0.900. The van der Waals surface area contributed by atoms with Gasteiger partial charge in [0.25, 0.3) is 5.91 Å². The summed E-state index contributed by atoms with van der Waals surface area (Å²) in [7, 11) is 0. The zero-order valence-electron chi connectivity index (χ0n) is 13.3. The molecule has 0 aromatic heterocycles. The maximum Gasteiger partial charge on any atom is 0.255 e. The van der Waals surface area contributed by atoms with Crippen molar-refractivity contribution in [3.63, 3.8) is 0 Å². The van der Waals surface area contributed by atoms with Crippen LogP contribution in [-0.2, 0) is 4.79 Å². The molecule has 1 aliphatic rings. The number of amides is 2. The Kier molecular flexibility index (Phi) is 4.15. The van der Waals surface area contributed by atoms with Crippen LogP contribution in [0.3, 0.4) is 0 Å². The smallest absolute Gasteiger partial charge is 0.255 e. The van der Waals surface area contributed by atoms with Crippen molar-refractivity contribution in [2.24, 2.45) is 5.92 Å². The van der Waals surface area contributed by atoms with Crippen LogP contribution in [0.25, 0.3) is 0 Å². The molecule has 3 rings (SSSR count). The average molecular weight is 308 g/mol. The van der Waals surface area contributed by atoms with Gasteiger partial charge in [0.05, 0.1) is 0 Å². The van der Waals surface area contributed by atoms with Crippen molar-refractivity contribution in [3.8, 4) is 0 Å². The summed E-state index contributed by atoms with van der Waals surface area (Å²) < 4.78 is 0. The molecule has 0 atom stereocenters. The third kappa shape index (κ3) is 3.97. The van der Waals surface area contributed by atoms with E-state index in [9.17, 15) is 9.59 Å². The number of hydrogen-bond acceptors (Lipinski definition) is 2. The molecule has 1 aliphatic carbocycles. The highest BCUT2D eigenvalue weighted by atomic mass is 16.2. The lowest BCUT2D eigenvalue weighted by Crippen LogP contribution is -2.14. The zero-order chi connectivity index (χ0) is 16.4. The highest BCUT2D eigenvalue weighted by Crippen LogP contribution is 2.30. The molecule has 2 aromatic rings. The largest absolute Gasteiger partial charge is 0.326 e. The fourth-order valence-electron chi connectivity index (χ4n) is 2.54. The van der Waals surface area contributed by atoms with E-state index in [2.05, 4.69) is 16.7 Å². The van der Waals surface area contributed by atoms with Gasteiger partial charge in [0.15, 0.2) is 0 Å². The number of hydrogen-bond donors (Lipinski definition) is 2. The second-order valence-electron chi connectivity index (χ2n) is 6.17. The Hall–Kier alpha value is -2.62. The summed E-state index contributed by atoms with van der Waals surface area (Å²) in [6, 6.07) is 12.9. The van der Waals surface area contributed by atoms with Gasteiger partial charge in [0.1, 0.15) is 0 Å². The fourth-order valence-corrected chi connectivity index (χ4v) is 2.54. The lowest BCUT2D eigenvalue weighted by molar-refractivity contribution is -0.117. The van der Waals surface area contributed by atoms with E-state index in [1.54, 1.807) is 24.3 Å². The number of anilines is 2. The minimum atomic E-state index is -0.157. The number of aryl methyl sites for hydroxylation is 2. The van der Waals surface area contributed by atoms with Crippen molar-refractivity contribution in [1.29, 1.82) is 0 Å². The minimum absolute atomic E-state index is 0.0671. The molecule has 0 aliphatic heterocycles. The maximum absolute atomic E-state index is 12.3. The van der Waals surface area contributed by atoms with Crippen molar-refractivity contribution in [3.05, 3.63) is 59.2 Å². The van der Waals surface area contributed by atoms with Crippen molar-refractivity contribution >= 4 is 23.2 Å². The number of nitrogens with one attached hydrogen (secondary N) is 2. The average Bonchev–Trinajstić information content (AvgIpc) is 3.31.